The summed E-state index contributed by atoms with van der Waals surface area (Å²) in [4.78, 5) is 28.4. The normalized spacial score (nSPS) is 11.8. The van der Waals surface area contributed by atoms with Crippen LogP contribution < -0.4 is 0 Å². The fourth-order valence-electron chi connectivity index (χ4n) is 4.89. The zero-order valence-electron chi connectivity index (χ0n) is 22.5. The van der Waals surface area contributed by atoms with Crippen LogP contribution in [0, 0.1) is 5.92 Å². The predicted octanol–water partition coefficient (Wildman–Crippen LogP) is 8.06. The van der Waals surface area contributed by atoms with Crippen LogP contribution in [-0.4, -0.2) is 17.2 Å². The van der Waals surface area contributed by atoms with Gasteiger partial charge in [-0.1, -0.05) is 79.7 Å². The van der Waals surface area contributed by atoms with Crippen LogP contribution in [0.4, 0.5) is 0 Å². The van der Waals surface area contributed by atoms with E-state index in [4.69, 9.17) is 0 Å². The van der Waals surface area contributed by atoms with Crippen LogP contribution in [0.3, 0.4) is 0 Å². The fourth-order valence-corrected chi connectivity index (χ4v) is 7.73. The van der Waals surface area contributed by atoms with Crippen LogP contribution in [-0.2, 0) is 43.1 Å². The van der Waals surface area contributed by atoms with Gasteiger partial charge in [0.2, 0.25) is 18.2 Å². The number of carbonyl (C=O) groups excluding carboxylic acids is 2. The quantitative estimate of drug-likeness (QED) is 0.287. The summed E-state index contributed by atoms with van der Waals surface area (Å²) in [6, 6.07) is 8.23. The summed E-state index contributed by atoms with van der Waals surface area (Å²) in [7, 11) is -3.89. The zero-order chi connectivity index (χ0) is 25.6. The number of rotatable bonds is 12. The van der Waals surface area contributed by atoms with Crippen LogP contribution in [0.2, 0.25) is 0 Å². The molecule has 34 heavy (non-hydrogen) atoms. The highest BCUT2D eigenvalue weighted by atomic mass is 31.2. The van der Waals surface area contributed by atoms with Crippen LogP contribution >= 0.6 is 7.14 Å². The van der Waals surface area contributed by atoms with Crippen molar-refractivity contribution >= 4 is 18.2 Å². The number of hydrogen-bond acceptors (Lipinski definition) is 3. The summed E-state index contributed by atoms with van der Waals surface area (Å²) in [6.07, 6.45) is 4.54. The first-order chi connectivity index (χ1) is 16.1. The summed E-state index contributed by atoms with van der Waals surface area (Å²) < 4.78 is 14.7. The van der Waals surface area contributed by atoms with Gasteiger partial charge in [0, 0.05) is 17.3 Å². The minimum absolute atomic E-state index is 0.0335. The lowest BCUT2D eigenvalue weighted by Gasteiger charge is -2.24. The maximum atomic E-state index is 14.7. The van der Waals surface area contributed by atoms with Crippen LogP contribution in [0.15, 0.2) is 24.3 Å². The molecule has 0 saturated carbocycles. The van der Waals surface area contributed by atoms with Gasteiger partial charge in [0.05, 0.1) is 0 Å². The van der Waals surface area contributed by atoms with Gasteiger partial charge in [-0.3, -0.25) is 9.59 Å². The summed E-state index contributed by atoms with van der Waals surface area (Å²) in [5, 5.41) is 0. The van der Waals surface area contributed by atoms with Gasteiger partial charge in [-0.15, -0.1) is 0 Å². The topological polar surface area (TPSA) is 51.2 Å². The maximum Gasteiger partial charge on any atom is 0.229 e. The lowest BCUT2D eigenvalue weighted by molar-refractivity contribution is 0.103. The number of benzene rings is 2. The molecule has 0 amide bonds. The minimum Gasteiger partial charge on any atom is -0.307 e. The van der Waals surface area contributed by atoms with E-state index in [2.05, 4.69) is 38.1 Å². The Hall–Kier alpha value is -1.99. The molecule has 2 aromatic carbocycles. The first kappa shape index (κ1) is 28.2. The molecule has 4 heteroatoms. The molecule has 3 nitrogen and oxygen atoms in total. The van der Waals surface area contributed by atoms with Gasteiger partial charge < -0.3 is 4.57 Å². The fraction of sp³-hybridized carbons (Fsp3) is 0.533. The molecule has 2 rings (SSSR count). The molecule has 0 aliphatic heterocycles. The standard InChI is InChI=1S/C30H43O3P/c1-9-21-15-23(11-3)27(24(12-4)16-21)29(31)34(33,19-20(7)8)30(32)28-25(13-5)17-22(10-2)18-26(28)14-6/h15-18,20H,9-14,19H2,1-8H3. The van der Waals surface area contributed by atoms with Crippen molar-refractivity contribution in [2.45, 2.75) is 93.9 Å². The molecule has 0 aromatic heterocycles. The lowest BCUT2D eigenvalue weighted by atomic mass is 9.94. The Morgan fingerprint density at radius 3 is 1.12 bits per heavy atom. The number of carbonyl (C=O) groups is 2. The highest BCUT2D eigenvalue weighted by Crippen LogP contribution is 2.55. The van der Waals surface area contributed by atoms with Gasteiger partial charge in [-0.25, -0.2) is 0 Å². The van der Waals surface area contributed by atoms with Gasteiger partial charge in [0.1, 0.15) is 0 Å². The van der Waals surface area contributed by atoms with Gasteiger partial charge in [0.25, 0.3) is 0 Å². The summed E-state index contributed by atoms with van der Waals surface area (Å²) in [5.74, 6) is -0.0335. The van der Waals surface area contributed by atoms with E-state index in [1.165, 1.54) is 11.1 Å². The molecular weight excluding hydrogens is 439 g/mol. The Morgan fingerprint density at radius 1 is 0.618 bits per heavy atom. The van der Waals surface area contributed by atoms with Gasteiger partial charge in [-0.2, -0.15) is 0 Å². The van der Waals surface area contributed by atoms with Crippen molar-refractivity contribution in [1.29, 1.82) is 0 Å². The highest BCUT2D eigenvalue weighted by molar-refractivity contribution is 7.95. The maximum absolute atomic E-state index is 14.7. The second-order valence-corrected chi connectivity index (χ2v) is 12.3. The minimum atomic E-state index is -3.89. The van der Waals surface area contributed by atoms with Gasteiger partial charge in [0.15, 0.2) is 0 Å². The van der Waals surface area contributed by atoms with Crippen molar-refractivity contribution in [2.75, 3.05) is 6.16 Å². The molecule has 0 aliphatic rings. The highest BCUT2D eigenvalue weighted by Gasteiger charge is 2.44. The largest absolute Gasteiger partial charge is 0.307 e. The van der Waals surface area contributed by atoms with Crippen molar-refractivity contribution in [1.82, 2.24) is 0 Å². The molecule has 0 heterocycles. The van der Waals surface area contributed by atoms with Crippen LogP contribution in [0.1, 0.15) is 109 Å². The van der Waals surface area contributed by atoms with Gasteiger partial charge >= 0.3 is 0 Å². The molecule has 0 spiro atoms. The molecule has 0 saturated heterocycles. The third kappa shape index (κ3) is 5.62. The van der Waals surface area contributed by atoms with Crippen molar-refractivity contribution < 1.29 is 14.2 Å². The Morgan fingerprint density at radius 2 is 0.912 bits per heavy atom. The SMILES string of the molecule is CCc1cc(CC)c(C(=O)P(=O)(CC(C)C)C(=O)c2c(CC)cc(CC)cc2CC)c(CC)c1. The van der Waals surface area contributed by atoms with E-state index in [0.717, 1.165) is 35.1 Å². The van der Waals surface area contributed by atoms with E-state index in [1.807, 2.05) is 41.5 Å². The average Bonchev–Trinajstić information content (AvgIpc) is 2.85. The molecule has 0 atom stereocenters. The number of aryl methyl sites for hydroxylation is 6. The second kappa shape index (κ2) is 12.1. The summed E-state index contributed by atoms with van der Waals surface area (Å²) in [5.41, 5.74) is 6.16. The van der Waals surface area contributed by atoms with Crippen molar-refractivity contribution in [2.24, 2.45) is 5.92 Å². The van der Waals surface area contributed by atoms with E-state index in [1.54, 1.807) is 0 Å². The van der Waals surface area contributed by atoms with Gasteiger partial charge in [-0.05, 0) is 77.8 Å². The molecule has 2 aromatic rings. The number of hydrogen-bond donors (Lipinski definition) is 0. The van der Waals surface area contributed by atoms with Crippen molar-refractivity contribution in [3.8, 4) is 0 Å². The smallest absolute Gasteiger partial charge is 0.229 e. The van der Waals surface area contributed by atoms with E-state index >= 15 is 0 Å². The van der Waals surface area contributed by atoms with Crippen molar-refractivity contribution in [3.63, 3.8) is 0 Å². The van der Waals surface area contributed by atoms with E-state index in [0.29, 0.717) is 36.8 Å². The Balaban J connectivity index is 2.82. The second-order valence-electron chi connectivity index (χ2n) is 9.63. The molecule has 0 unspecified atom stereocenters. The first-order valence-electron chi connectivity index (χ1n) is 13.1. The monoisotopic (exact) mass is 482 g/mol. The Bertz CT molecular complexity index is 965. The van der Waals surface area contributed by atoms with Crippen molar-refractivity contribution in [3.05, 3.63) is 68.8 Å². The summed E-state index contributed by atoms with van der Waals surface area (Å²) >= 11 is 0. The molecule has 186 valence electrons. The molecule has 0 aliphatic carbocycles. The predicted molar refractivity (Wildman–Crippen MR) is 145 cm³/mol. The van der Waals surface area contributed by atoms with E-state index in [-0.39, 0.29) is 12.1 Å². The Labute approximate surface area is 207 Å². The molecular formula is C30H43O3P. The third-order valence-corrected chi connectivity index (χ3v) is 9.77. The van der Waals surface area contributed by atoms with Crippen LogP contribution in [0.5, 0.6) is 0 Å². The molecule has 0 radical (unpaired) electrons. The molecule has 0 fully saturated rings. The lowest BCUT2D eigenvalue weighted by Crippen LogP contribution is -2.21. The molecule has 0 N–H and O–H groups in total. The first-order valence-corrected chi connectivity index (χ1v) is 15.0. The molecule has 0 bridgehead atoms. The average molecular weight is 483 g/mol. The van der Waals surface area contributed by atoms with Crippen LogP contribution in [0.25, 0.3) is 0 Å². The summed E-state index contributed by atoms with van der Waals surface area (Å²) in [6.45, 7) is 16.2. The Kier molecular flexibility index (Phi) is 10.1. The third-order valence-electron chi connectivity index (χ3n) is 6.77. The van der Waals surface area contributed by atoms with E-state index in [9.17, 15) is 14.2 Å². The zero-order valence-corrected chi connectivity index (χ0v) is 23.4. The van der Waals surface area contributed by atoms with E-state index < -0.39 is 18.2 Å².